The van der Waals surface area contributed by atoms with Crippen molar-refractivity contribution >= 4 is 17.9 Å². The van der Waals surface area contributed by atoms with Crippen molar-refractivity contribution in [1.82, 2.24) is 10.2 Å². The molecule has 1 unspecified atom stereocenters. The van der Waals surface area contributed by atoms with Crippen molar-refractivity contribution in [2.45, 2.75) is 50.2 Å². The van der Waals surface area contributed by atoms with Crippen LogP contribution >= 0.6 is 0 Å². The van der Waals surface area contributed by atoms with E-state index in [4.69, 9.17) is 4.74 Å². The van der Waals surface area contributed by atoms with Crippen LogP contribution in [0.1, 0.15) is 54.4 Å². The van der Waals surface area contributed by atoms with Gasteiger partial charge in [0.25, 0.3) is 5.91 Å². The Bertz CT molecular complexity index is 716. The quantitative estimate of drug-likeness (QED) is 0.869. The fourth-order valence-electron chi connectivity index (χ4n) is 4.21. The zero-order valence-corrected chi connectivity index (χ0v) is 15.8. The van der Waals surface area contributed by atoms with Crippen molar-refractivity contribution in [1.29, 1.82) is 0 Å². The summed E-state index contributed by atoms with van der Waals surface area (Å²) >= 11 is 0. The number of nitrogens with one attached hydrogen (secondary N) is 1. The maximum Gasteiger partial charge on any atom is 0.251 e. The van der Waals surface area contributed by atoms with E-state index in [1.165, 1.54) is 0 Å². The van der Waals surface area contributed by atoms with Crippen LogP contribution in [0.2, 0.25) is 0 Å². The molecule has 0 aromatic heterocycles. The lowest BCUT2D eigenvalue weighted by Crippen LogP contribution is -2.47. The molecular weight excluding hydrogens is 340 g/mol. The number of carbonyl (C=O) groups excluding carboxylic acids is 2. The first-order chi connectivity index (χ1) is 13.1. The van der Waals surface area contributed by atoms with Crippen LogP contribution in [0.25, 0.3) is 6.08 Å². The van der Waals surface area contributed by atoms with Gasteiger partial charge in [0, 0.05) is 31.1 Å². The van der Waals surface area contributed by atoms with Gasteiger partial charge in [-0.3, -0.25) is 9.59 Å². The molecule has 0 radical (unpaired) electrons. The largest absolute Gasteiger partial charge is 0.370 e. The number of piperidine rings is 1. The first-order valence-electron chi connectivity index (χ1n) is 10.1. The van der Waals surface area contributed by atoms with Crippen molar-refractivity contribution in [2.75, 3.05) is 19.6 Å². The van der Waals surface area contributed by atoms with Crippen molar-refractivity contribution in [2.24, 2.45) is 5.92 Å². The van der Waals surface area contributed by atoms with Gasteiger partial charge >= 0.3 is 0 Å². The molecule has 1 spiro atoms. The van der Waals surface area contributed by atoms with Crippen molar-refractivity contribution in [3.05, 3.63) is 42.0 Å². The molecule has 1 N–H and O–H groups in total. The lowest BCUT2D eigenvalue weighted by atomic mass is 9.88. The molecule has 1 aromatic carbocycles. The van der Waals surface area contributed by atoms with Gasteiger partial charge in [-0.1, -0.05) is 24.8 Å². The Morgan fingerprint density at radius 1 is 1.15 bits per heavy atom. The predicted molar refractivity (Wildman–Crippen MR) is 104 cm³/mol. The Hall–Kier alpha value is -2.14. The van der Waals surface area contributed by atoms with Crippen LogP contribution in [0.4, 0.5) is 0 Å². The number of hydrogen-bond donors (Lipinski definition) is 1. The summed E-state index contributed by atoms with van der Waals surface area (Å²) in [7, 11) is 0. The highest BCUT2D eigenvalue weighted by Crippen LogP contribution is 2.40. The second kappa shape index (κ2) is 7.47. The molecule has 4 rings (SSSR count). The third kappa shape index (κ3) is 4.08. The van der Waals surface area contributed by atoms with Crippen LogP contribution in [0.3, 0.4) is 0 Å². The fraction of sp³-hybridized carbons (Fsp3) is 0.545. The number of rotatable bonds is 5. The first kappa shape index (κ1) is 18.2. The molecule has 0 bridgehead atoms. The van der Waals surface area contributed by atoms with E-state index in [1.54, 1.807) is 6.08 Å². The highest BCUT2D eigenvalue weighted by Gasteiger charge is 2.44. The number of carbonyl (C=O) groups is 2. The minimum absolute atomic E-state index is 0.0621. The average Bonchev–Trinajstić information content (AvgIpc) is 3.49. The number of benzene rings is 1. The molecule has 1 aliphatic carbocycles. The van der Waals surface area contributed by atoms with Crippen LogP contribution in [0, 0.1) is 5.92 Å². The van der Waals surface area contributed by atoms with Gasteiger partial charge in [-0.15, -0.1) is 0 Å². The number of nitrogens with zero attached hydrogens (tertiary/aromatic N) is 1. The van der Waals surface area contributed by atoms with Crippen LogP contribution in [0.15, 0.2) is 30.8 Å². The Morgan fingerprint density at radius 3 is 2.48 bits per heavy atom. The lowest BCUT2D eigenvalue weighted by Gasteiger charge is -2.39. The molecule has 1 aromatic rings. The summed E-state index contributed by atoms with van der Waals surface area (Å²) in [5, 5.41) is 3.00. The second-order valence-electron chi connectivity index (χ2n) is 8.10. The molecule has 1 saturated carbocycles. The topological polar surface area (TPSA) is 58.6 Å². The van der Waals surface area contributed by atoms with Gasteiger partial charge < -0.3 is 15.0 Å². The summed E-state index contributed by atoms with van der Waals surface area (Å²) in [5.74, 6) is 0.571. The SMILES string of the molecule is C=Cc1ccc(C(=O)NCC2CCC3(CCN(C(=O)C4CC4)CC3)O2)cc1. The van der Waals surface area contributed by atoms with E-state index < -0.39 is 0 Å². The number of ether oxygens (including phenoxy) is 1. The van der Waals surface area contributed by atoms with Crippen molar-refractivity contribution in [3.63, 3.8) is 0 Å². The molecule has 27 heavy (non-hydrogen) atoms. The van der Waals surface area contributed by atoms with E-state index in [9.17, 15) is 9.59 Å². The van der Waals surface area contributed by atoms with Gasteiger partial charge in [-0.05, 0) is 56.2 Å². The number of hydrogen-bond acceptors (Lipinski definition) is 3. The summed E-state index contributed by atoms with van der Waals surface area (Å²) in [5.41, 5.74) is 1.56. The standard InChI is InChI=1S/C22H28N2O3/c1-2-16-3-5-17(6-4-16)20(25)23-15-19-9-10-22(27-19)11-13-24(14-12-22)21(26)18-7-8-18/h2-6,18-19H,1,7-15H2,(H,23,25). The zero-order chi connectivity index (χ0) is 18.9. The van der Waals surface area contributed by atoms with Gasteiger partial charge in [-0.2, -0.15) is 0 Å². The second-order valence-corrected chi connectivity index (χ2v) is 8.10. The molecule has 2 saturated heterocycles. The third-order valence-electron chi connectivity index (χ3n) is 6.15. The van der Waals surface area contributed by atoms with Gasteiger partial charge in [0.1, 0.15) is 0 Å². The molecule has 144 valence electrons. The van der Waals surface area contributed by atoms with E-state index >= 15 is 0 Å². The lowest BCUT2D eigenvalue weighted by molar-refractivity contribution is -0.138. The van der Waals surface area contributed by atoms with Crippen LogP contribution in [-0.2, 0) is 9.53 Å². The summed E-state index contributed by atoms with van der Waals surface area (Å²) in [4.78, 5) is 26.6. The van der Waals surface area contributed by atoms with Crippen molar-refractivity contribution < 1.29 is 14.3 Å². The molecule has 2 amide bonds. The maximum absolute atomic E-state index is 12.3. The molecule has 1 atom stereocenters. The Morgan fingerprint density at radius 2 is 1.85 bits per heavy atom. The summed E-state index contributed by atoms with van der Waals surface area (Å²) in [6.45, 7) is 5.88. The molecule has 3 aliphatic rings. The minimum Gasteiger partial charge on any atom is -0.370 e. The molecular formula is C22H28N2O3. The first-order valence-corrected chi connectivity index (χ1v) is 10.1. The van der Waals surface area contributed by atoms with Crippen molar-refractivity contribution in [3.8, 4) is 0 Å². The Labute approximate surface area is 160 Å². The Balaban J connectivity index is 1.24. The number of amides is 2. The van der Waals surface area contributed by atoms with Gasteiger partial charge in [-0.25, -0.2) is 0 Å². The smallest absolute Gasteiger partial charge is 0.251 e. The van der Waals surface area contributed by atoms with Gasteiger partial charge in [0.05, 0.1) is 11.7 Å². The number of likely N-dealkylation sites (tertiary alicyclic amines) is 1. The average molecular weight is 368 g/mol. The van der Waals surface area contributed by atoms with Gasteiger partial charge in [0.2, 0.25) is 5.91 Å². The predicted octanol–water partition coefficient (Wildman–Crippen LogP) is 3.01. The van der Waals surface area contributed by atoms with E-state index in [1.807, 2.05) is 29.2 Å². The molecule has 3 fully saturated rings. The Kier molecular flexibility index (Phi) is 5.04. The van der Waals surface area contributed by atoms with Crippen LogP contribution in [-0.4, -0.2) is 48.1 Å². The highest BCUT2D eigenvalue weighted by molar-refractivity contribution is 5.94. The highest BCUT2D eigenvalue weighted by atomic mass is 16.5. The van der Waals surface area contributed by atoms with E-state index in [2.05, 4.69) is 11.9 Å². The fourth-order valence-corrected chi connectivity index (χ4v) is 4.21. The van der Waals surface area contributed by atoms with E-state index in [0.717, 1.165) is 57.2 Å². The third-order valence-corrected chi connectivity index (χ3v) is 6.15. The molecule has 2 aliphatic heterocycles. The monoisotopic (exact) mass is 368 g/mol. The molecule has 2 heterocycles. The maximum atomic E-state index is 12.3. The minimum atomic E-state index is -0.0959. The summed E-state index contributed by atoms with van der Waals surface area (Å²) < 4.78 is 6.35. The van der Waals surface area contributed by atoms with E-state index in [-0.39, 0.29) is 17.6 Å². The van der Waals surface area contributed by atoms with Crippen LogP contribution in [0.5, 0.6) is 0 Å². The molecule has 5 nitrogen and oxygen atoms in total. The van der Waals surface area contributed by atoms with Crippen LogP contribution < -0.4 is 5.32 Å². The normalized spacial score (nSPS) is 24.0. The zero-order valence-electron chi connectivity index (χ0n) is 15.8. The summed E-state index contributed by atoms with van der Waals surface area (Å²) in [6, 6.07) is 7.41. The molecule has 5 heteroatoms. The van der Waals surface area contributed by atoms with Gasteiger partial charge in [0.15, 0.2) is 0 Å². The summed E-state index contributed by atoms with van der Waals surface area (Å²) in [6.07, 6.45) is 7.77. The van der Waals surface area contributed by atoms with E-state index in [0.29, 0.717) is 23.9 Å².